The first-order valence-electron chi connectivity index (χ1n) is 5.29. The fourth-order valence-electron chi connectivity index (χ4n) is 1.58. The average molecular weight is 283 g/mol. The summed E-state index contributed by atoms with van der Waals surface area (Å²) in [5.74, 6) is -1.47. The van der Waals surface area contributed by atoms with Crippen LogP contribution in [0, 0.1) is 0 Å². The van der Waals surface area contributed by atoms with Crippen LogP contribution in [0.5, 0.6) is 0 Å². The number of aromatic nitrogens is 2. The maximum absolute atomic E-state index is 12.7. The highest BCUT2D eigenvalue weighted by Crippen LogP contribution is 2.31. The minimum atomic E-state index is -4.67. The summed E-state index contributed by atoms with van der Waals surface area (Å²) in [4.78, 5) is 10.9. The van der Waals surface area contributed by atoms with Crippen molar-refractivity contribution in [3.8, 4) is 5.69 Å². The Kier molecular flexibility index (Phi) is 3.54. The van der Waals surface area contributed by atoms with Crippen LogP contribution < -0.4 is 5.46 Å². The summed E-state index contributed by atoms with van der Waals surface area (Å²) in [5, 5.41) is 21.4. The van der Waals surface area contributed by atoms with Crippen molar-refractivity contribution in [1.82, 2.24) is 9.78 Å². The van der Waals surface area contributed by atoms with Gasteiger partial charge in [-0.2, -0.15) is 18.3 Å². The molecule has 0 atom stereocenters. The maximum atomic E-state index is 12.7. The quantitative estimate of drug-likeness (QED) is 0.818. The maximum Gasteiger partial charge on any atom is 0.416 e. The lowest BCUT2D eigenvalue weighted by atomic mass is 9.93. The molecule has 0 amide bonds. The van der Waals surface area contributed by atoms with Gasteiger partial charge in [0.25, 0.3) is 0 Å². The van der Waals surface area contributed by atoms with Crippen molar-refractivity contribution >= 4 is 18.9 Å². The van der Waals surface area contributed by atoms with Gasteiger partial charge in [0.15, 0.2) is 0 Å². The van der Waals surface area contributed by atoms with Gasteiger partial charge in [0.1, 0.15) is 0 Å². The summed E-state index contributed by atoms with van der Waals surface area (Å²) in [5.41, 5.74) is -1.37. The molecule has 1 aromatic heterocycles. The van der Waals surface area contributed by atoms with Crippen LogP contribution in [0.25, 0.3) is 5.69 Å². The highest BCUT2D eigenvalue weighted by Gasteiger charge is 2.32. The molecular weight excluding hydrogens is 276 g/mol. The van der Waals surface area contributed by atoms with E-state index in [2.05, 4.69) is 5.10 Å². The van der Waals surface area contributed by atoms with Gasteiger partial charge in [-0.3, -0.25) is 0 Å². The molecule has 103 valence electrons. The highest BCUT2D eigenvalue weighted by molar-refractivity contribution is 6.45. The second-order valence-corrected chi connectivity index (χ2v) is 3.92. The fourth-order valence-corrected chi connectivity index (χ4v) is 1.58. The van der Waals surface area contributed by atoms with Crippen molar-refractivity contribution in [1.29, 1.82) is 0 Å². The summed E-state index contributed by atoms with van der Waals surface area (Å²) < 4.78 is 39.2. The molecule has 0 saturated heterocycles. The molecule has 20 heavy (non-hydrogen) atoms. The summed E-state index contributed by atoms with van der Waals surface area (Å²) in [6.07, 6.45) is -2.18. The molecule has 1 aromatic carbocycles. The smallest absolute Gasteiger partial charge is 0.416 e. The Morgan fingerprint density at radius 1 is 1.30 bits per heavy atom. The number of benzene rings is 1. The number of carboxylic acids is 1. The molecule has 2 rings (SSSR count). The van der Waals surface area contributed by atoms with Gasteiger partial charge in [-0.25, -0.2) is 9.48 Å². The molecule has 5 nitrogen and oxygen atoms in total. The van der Waals surface area contributed by atoms with Crippen LogP contribution in [-0.2, 0) is 6.18 Å². The number of aromatic carboxylic acids is 1. The second-order valence-electron chi connectivity index (χ2n) is 3.92. The molecule has 2 N–H and O–H groups in total. The molecule has 0 bridgehead atoms. The van der Waals surface area contributed by atoms with Gasteiger partial charge in [0.05, 0.1) is 16.8 Å². The number of carbonyl (C=O) groups is 1. The molecule has 1 radical (unpaired) electrons. The number of rotatable bonds is 3. The number of carboxylic acid groups (broad SMARTS) is 1. The van der Waals surface area contributed by atoms with Crippen molar-refractivity contribution in [2.45, 2.75) is 6.18 Å². The fraction of sp³-hybridized carbons (Fsp3) is 0.0909. The normalized spacial score (nSPS) is 11.4. The lowest BCUT2D eigenvalue weighted by Gasteiger charge is -2.10. The van der Waals surface area contributed by atoms with Crippen LogP contribution in [0.1, 0.15) is 15.9 Å². The van der Waals surface area contributed by atoms with E-state index in [1.807, 2.05) is 0 Å². The lowest BCUT2D eigenvalue weighted by Crippen LogP contribution is -2.11. The second kappa shape index (κ2) is 5.01. The summed E-state index contributed by atoms with van der Waals surface area (Å²) >= 11 is 0. The third kappa shape index (κ3) is 2.82. The van der Waals surface area contributed by atoms with Gasteiger partial charge < -0.3 is 10.1 Å². The van der Waals surface area contributed by atoms with Crippen molar-refractivity contribution < 1.29 is 28.1 Å². The molecule has 2 aromatic rings. The number of halogens is 3. The predicted molar refractivity (Wildman–Crippen MR) is 63.1 cm³/mol. The van der Waals surface area contributed by atoms with Crippen molar-refractivity contribution in [3.63, 3.8) is 0 Å². The number of hydrogen-bond acceptors (Lipinski definition) is 3. The molecule has 0 aliphatic carbocycles. The third-order valence-electron chi connectivity index (χ3n) is 2.51. The molecule has 0 unspecified atom stereocenters. The van der Waals surface area contributed by atoms with E-state index < -0.39 is 23.3 Å². The number of alkyl halides is 3. The van der Waals surface area contributed by atoms with Gasteiger partial charge in [-0.15, -0.1) is 0 Å². The standard InChI is InChI=1S/C11H7BF3N2O3/c13-11(14,15)7-1-6(10(18)19)2-9(3-7)17-5-8(12-20)4-16-17/h1-5,20H,(H,18,19). The van der Waals surface area contributed by atoms with Crippen LogP contribution >= 0.6 is 0 Å². The Morgan fingerprint density at radius 3 is 2.50 bits per heavy atom. The first-order valence-corrected chi connectivity index (χ1v) is 5.29. The minimum absolute atomic E-state index is 0.0645. The molecule has 1 heterocycles. The molecule has 0 saturated carbocycles. The van der Waals surface area contributed by atoms with Gasteiger partial charge >= 0.3 is 19.6 Å². The van der Waals surface area contributed by atoms with Gasteiger partial charge in [0.2, 0.25) is 0 Å². The van der Waals surface area contributed by atoms with Crippen LogP contribution in [0.15, 0.2) is 30.6 Å². The molecule has 0 aliphatic rings. The van der Waals surface area contributed by atoms with Gasteiger partial charge in [0, 0.05) is 12.4 Å². The molecule has 0 spiro atoms. The van der Waals surface area contributed by atoms with E-state index in [-0.39, 0.29) is 11.2 Å². The molecule has 0 aliphatic heterocycles. The average Bonchev–Trinajstić information content (AvgIpc) is 2.86. The minimum Gasteiger partial charge on any atom is -0.478 e. The van der Waals surface area contributed by atoms with E-state index >= 15 is 0 Å². The lowest BCUT2D eigenvalue weighted by molar-refractivity contribution is -0.137. The van der Waals surface area contributed by atoms with Crippen molar-refractivity contribution in [2.24, 2.45) is 0 Å². The SMILES string of the molecule is O=C(O)c1cc(-n2cc([B]O)cn2)cc(C(F)(F)F)c1. The summed E-state index contributed by atoms with van der Waals surface area (Å²) in [6.45, 7) is 0. The highest BCUT2D eigenvalue weighted by atomic mass is 19.4. The Bertz CT molecular complexity index is 655. The van der Waals surface area contributed by atoms with Gasteiger partial charge in [-0.1, -0.05) is 0 Å². The molecule has 0 fully saturated rings. The van der Waals surface area contributed by atoms with E-state index in [9.17, 15) is 18.0 Å². The van der Waals surface area contributed by atoms with Crippen LogP contribution in [0.4, 0.5) is 13.2 Å². The van der Waals surface area contributed by atoms with E-state index in [4.69, 9.17) is 10.1 Å². The van der Waals surface area contributed by atoms with Crippen LogP contribution in [0.3, 0.4) is 0 Å². The van der Waals surface area contributed by atoms with E-state index in [0.717, 1.165) is 24.3 Å². The zero-order valence-corrected chi connectivity index (χ0v) is 9.80. The number of hydrogen-bond donors (Lipinski definition) is 2. The Labute approximate surface area is 111 Å². The Balaban J connectivity index is 2.57. The largest absolute Gasteiger partial charge is 0.478 e. The van der Waals surface area contributed by atoms with E-state index in [0.29, 0.717) is 6.07 Å². The Hall–Kier alpha value is -2.29. The zero-order valence-electron chi connectivity index (χ0n) is 9.80. The van der Waals surface area contributed by atoms with Gasteiger partial charge in [-0.05, 0) is 23.7 Å². The molecule has 9 heteroatoms. The van der Waals surface area contributed by atoms with Crippen LogP contribution in [-0.4, -0.2) is 33.4 Å². The Morgan fingerprint density at radius 2 is 2.00 bits per heavy atom. The third-order valence-corrected chi connectivity index (χ3v) is 2.51. The predicted octanol–water partition coefficient (Wildman–Crippen LogP) is 0.826. The summed E-state index contributed by atoms with van der Waals surface area (Å²) in [6, 6.07) is 2.39. The van der Waals surface area contributed by atoms with Crippen LogP contribution in [0.2, 0.25) is 0 Å². The zero-order chi connectivity index (χ0) is 14.9. The first kappa shape index (κ1) is 14.1. The number of nitrogens with zero attached hydrogens (tertiary/aromatic N) is 2. The van der Waals surface area contributed by atoms with E-state index in [1.54, 1.807) is 0 Å². The van der Waals surface area contributed by atoms with Crippen molar-refractivity contribution in [2.75, 3.05) is 0 Å². The van der Waals surface area contributed by atoms with E-state index in [1.165, 1.54) is 12.4 Å². The topological polar surface area (TPSA) is 75.3 Å². The van der Waals surface area contributed by atoms with Crippen molar-refractivity contribution in [3.05, 3.63) is 41.7 Å². The first-order chi connectivity index (χ1) is 9.31. The monoisotopic (exact) mass is 283 g/mol. The summed E-state index contributed by atoms with van der Waals surface area (Å²) in [7, 11) is 0.731. The molecular formula is C11H7BF3N2O3.